The van der Waals surface area contributed by atoms with Crippen LogP contribution in [0.1, 0.15) is 65.2 Å². The summed E-state index contributed by atoms with van der Waals surface area (Å²) in [5.74, 6) is -6.13. The number of carbonyl (C=O) groups excluding carboxylic acids is 1. The molecule has 4 aliphatic rings. The molecule has 0 spiro atoms. The lowest BCUT2D eigenvalue weighted by Crippen LogP contribution is -2.61. The molecule has 6 nitrogen and oxygen atoms in total. The second-order valence-electron chi connectivity index (χ2n) is 9.63. The average molecular weight is 475 g/mol. The Balaban J connectivity index is 1.66. The highest BCUT2D eigenvalue weighted by Crippen LogP contribution is 2.66. The molecule has 180 valence electrons. The smallest absolute Gasteiger partial charge is 0.431 e. The molecule has 0 amide bonds. The van der Waals surface area contributed by atoms with Crippen molar-refractivity contribution in [3.8, 4) is 0 Å². The molecular weight excluding hydrogens is 444 g/mol. The average Bonchev–Trinajstić information content (AvgIpc) is 2.65. The van der Waals surface area contributed by atoms with E-state index in [2.05, 4.69) is 0 Å². The summed E-state index contributed by atoms with van der Waals surface area (Å²) in [6, 6.07) is 0. The van der Waals surface area contributed by atoms with Crippen molar-refractivity contribution >= 4 is 16.1 Å². The minimum atomic E-state index is -6.32. The molecule has 0 aromatic carbocycles. The van der Waals surface area contributed by atoms with Crippen LogP contribution in [0.2, 0.25) is 0 Å². The Morgan fingerprint density at radius 3 is 2.03 bits per heavy atom. The van der Waals surface area contributed by atoms with Crippen LogP contribution in [0.5, 0.6) is 0 Å². The number of hydrogen-bond acceptors (Lipinski definition) is 5. The van der Waals surface area contributed by atoms with Crippen LogP contribution in [0, 0.1) is 29.1 Å². The second-order valence-corrected chi connectivity index (χ2v) is 11.1. The van der Waals surface area contributed by atoms with Crippen molar-refractivity contribution in [3.05, 3.63) is 0 Å². The van der Waals surface area contributed by atoms with Crippen molar-refractivity contribution < 1.29 is 45.2 Å². The van der Waals surface area contributed by atoms with E-state index in [9.17, 15) is 35.9 Å². The normalized spacial score (nSPS) is 33.5. The lowest BCUT2D eigenvalue weighted by atomic mass is 9.42. The molecule has 0 aromatic rings. The highest BCUT2D eigenvalue weighted by molar-refractivity contribution is 7.87. The number of aliphatic hydroxyl groups is 1. The molecule has 0 aliphatic heterocycles. The third-order valence-electron chi connectivity index (χ3n) is 8.11. The fourth-order valence-corrected chi connectivity index (χ4v) is 7.17. The van der Waals surface area contributed by atoms with Crippen LogP contribution < -0.4 is 0 Å². The van der Waals surface area contributed by atoms with Gasteiger partial charge in [-0.2, -0.15) is 26.0 Å². The van der Waals surface area contributed by atoms with Gasteiger partial charge in [0.05, 0.1) is 24.5 Å². The maximum atomic E-state index is 13.6. The number of ether oxygens (including phenoxy) is 1. The summed E-state index contributed by atoms with van der Waals surface area (Å²) >= 11 is 0. The fourth-order valence-electron chi connectivity index (χ4n) is 6.69. The minimum absolute atomic E-state index is 0.0665. The van der Waals surface area contributed by atoms with Gasteiger partial charge in [-0.3, -0.25) is 9.35 Å². The van der Waals surface area contributed by atoms with Gasteiger partial charge in [0.2, 0.25) is 0 Å². The number of rotatable bonds is 9. The molecule has 2 N–H and O–H groups in total. The van der Waals surface area contributed by atoms with Crippen molar-refractivity contribution in [1.29, 1.82) is 0 Å². The monoisotopic (exact) mass is 474 g/mol. The van der Waals surface area contributed by atoms with Crippen molar-refractivity contribution in [2.75, 3.05) is 6.61 Å². The molecule has 0 heterocycles. The highest BCUT2D eigenvalue weighted by atomic mass is 32.2. The van der Waals surface area contributed by atoms with Gasteiger partial charge < -0.3 is 9.84 Å². The van der Waals surface area contributed by atoms with Gasteiger partial charge in [0, 0.05) is 0 Å². The van der Waals surface area contributed by atoms with Crippen LogP contribution in [-0.4, -0.2) is 47.4 Å². The molecule has 11 heteroatoms. The topological polar surface area (TPSA) is 101 Å². The first kappa shape index (κ1) is 24.7. The summed E-state index contributed by atoms with van der Waals surface area (Å²) in [7, 11) is -6.32. The summed E-state index contributed by atoms with van der Waals surface area (Å²) in [5.41, 5.74) is -1.12. The van der Waals surface area contributed by atoms with Crippen molar-refractivity contribution in [3.63, 3.8) is 0 Å². The third-order valence-corrected chi connectivity index (χ3v) is 9.06. The standard InChI is InChI=1S/C20H30F4O6S/c1-3-18(26,4-2)17-9-12-7-13(10-17)15(14(8-12)11-17)16(25)30-6-5-19(21,22)20(23,24)31(27,28)29/h12-15,26H,3-11H2,1-2H3,(H,27,28,29). The molecule has 0 radical (unpaired) electrons. The molecule has 4 aliphatic carbocycles. The van der Waals surface area contributed by atoms with Crippen molar-refractivity contribution in [1.82, 2.24) is 0 Å². The van der Waals surface area contributed by atoms with Gasteiger partial charge in [0.25, 0.3) is 0 Å². The van der Waals surface area contributed by atoms with E-state index in [-0.39, 0.29) is 17.3 Å². The maximum absolute atomic E-state index is 13.6. The summed E-state index contributed by atoms with van der Waals surface area (Å²) in [5, 5.41) is 5.58. The van der Waals surface area contributed by atoms with Crippen molar-refractivity contribution in [2.24, 2.45) is 29.1 Å². The predicted molar refractivity (Wildman–Crippen MR) is 102 cm³/mol. The second kappa shape index (κ2) is 7.83. The largest absolute Gasteiger partial charge is 0.465 e. The zero-order valence-electron chi connectivity index (χ0n) is 17.6. The first-order chi connectivity index (χ1) is 14.1. The van der Waals surface area contributed by atoms with Crippen molar-refractivity contribution in [2.45, 2.75) is 82.0 Å². The fraction of sp³-hybridized carbons (Fsp3) is 0.950. The minimum Gasteiger partial charge on any atom is -0.465 e. The summed E-state index contributed by atoms with van der Waals surface area (Å²) < 4.78 is 88.2. The Hall–Kier alpha value is -0.940. The van der Waals surface area contributed by atoms with E-state index in [0.29, 0.717) is 31.6 Å². The summed E-state index contributed by atoms with van der Waals surface area (Å²) in [6.45, 7) is 2.79. The molecule has 0 saturated heterocycles. The lowest BCUT2D eigenvalue weighted by Gasteiger charge is -2.64. The lowest BCUT2D eigenvalue weighted by molar-refractivity contribution is -0.210. The molecule has 4 fully saturated rings. The molecule has 2 unspecified atom stereocenters. The van der Waals surface area contributed by atoms with Crippen LogP contribution in [0.25, 0.3) is 0 Å². The maximum Gasteiger partial charge on any atom is 0.431 e. The Morgan fingerprint density at radius 2 is 1.58 bits per heavy atom. The summed E-state index contributed by atoms with van der Waals surface area (Å²) in [4.78, 5) is 12.7. The third kappa shape index (κ3) is 3.88. The zero-order valence-corrected chi connectivity index (χ0v) is 18.4. The van der Waals surface area contributed by atoms with E-state index < -0.39 is 51.8 Å². The van der Waals surface area contributed by atoms with E-state index in [1.54, 1.807) is 0 Å². The number of hydrogen-bond donors (Lipinski definition) is 2. The van der Waals surface area contributed by atoms with E-state index in [4.69, 9.17) is 9.29 Å². The van der Waals surface area contributed by atoms with Crippen LogP contribution >= 0.6 is 0 Å². The predicted octanol–water partition coefficient (Wildman–Crippen LogP) is 4.03. The van der Waals surface area contributed by atoms with Gasteiger partial charge in [-0.15, -0.1) is 0 Å². The molecular formula is C20H30F4O6S. The van der Waals surface area contributed by atoms with E-state index in [0.717, 1.165) is 19.3 Å². The Kier molecular flexibility index (Phi) is 6.24. The van der Waals surface area contributed by atoms with E-state index in [1.165, 1.54) is 0 Å². The first-order valence-corrected chi connectivity index (χ1v) is 12.2. The number of alkyl halides is 4. The Bertz CT molecular complexity index is 794. The molecule has 31 heavy (non-hydrogen) atoms. The number of carbonyl (C=O) groups is 1. The zero-order chi connectivity index (χ0) is 23.5. The molecule has 4 rings (SSSR count). The highest BCUT2D eigenvalue weighted by Gasteiger charge is 2.66. The van der Waals surface area contributed by atoms with Gasteiger partial charge in [-0.25, -0.2) is 0 Å². The van der Waals surface area contributed by atoms with Gasteiger partial charge in [0.15, 0.2) is 0 Å². The Morgan fingerprint density at radius 1 is 1.06 bits per heavy atom. The van der Waals surface area contributed by atoms with Crippen LogP contribution in [0.4, 0.5) is 17.6 Å². The first-order valence-electron chi connectivity index (χ1n) is 10.7. The van der Waals surface area contributed by atoms with E-state index >= 15 is 0 Å². The molecule has 2 atom stereocenters. The van der Waals surface area contributed by atoms with Gasteiger partial charge in [-0.05, 0) is 68.1 Å². The summed E-state index contributed by atoms with van der Waals surface area (Å²) in [6.07, 6.45) is 3.19. The number of esters is 1. The van der Waals surface area contributed by atoms with Gasteiger partial charge in [-0.1, -0.05) is 13.8 Å². The van der Waals surface area contributed by atoms with E-state index in [1.807, 2.05) is 13.8 Å². The van der Waals surface area contributed by atoms with Crippen LogP contribution in [0.3, 0.4) is 0 Å². The van der Waals surface area contributed by atoms with Gasteiger partial charge in [0.1, 0.15) is 0 Å². The SMILES string of the molecule is CCC(O)(CC)C12CC3CC(C1)C(C(=O)OCCC(F)(F)C(F)(F)S(=O)(=O)O)C(C3)C2. The number of halogens is 4. The molecule has 0 aromatic heterocycles. The molecule has 4 bridgehead atoms. The van der Waals surface area contributed by atoms with Crippen LogP contribution in [0.15, 0.2) is 0 Å². The Labute approximate surface area is 179 Å². The molecule has 4 saturated carbocycles. The van der Waals surface area contributed by atoms with Crippen LogP contribution in [-0.2, 0) is 19.6 Å². The quantitative estimate of drug-likeness (QED) is 0.297. The van der Waals surface area contributed by atoms with Gasteiger partial charge >= 0.3 is 27.3 Å².